The first-order chi connectivity index (χ1) is 12.7. The third-order valence-corrected chi connectivity index (χ3v) is 4.26. The lowest BCUT2D eigenvalue weighted by atomic mass is 10.0. The molecule has 0 aliphatic heterocycles. The molecule has 0 aliphatic carbocycles. The van der Waals surface area contributed by atoms with Crippen LogP contribution in [0.2, 0.25) is 0 Å². The monoisotopic (exact) mass is 349 g/mol. The maximum atomic E-state index is 11.9. The van der Waals surface area contributed by atoms with Gasteiger partial charge in [-0.05, 0) is 34.4 Å². The highest BCUT2D eigenvalue weighted by Crippen LogP contribution is 2.20. The van der Waals surface area contributed by atoms with Crippen LogP contribution >= 0.6 is 0 Å². The van der Waals surface area contributed by atoms with Crippen molar-refractivity contribution in [2.45, 2.75) is 12.5 Å². The van der Waals surface area contributed by atoms with E-state index in [1.54, 1.807) is 0 Å². The average Bonchev–Trinajstić information content (AvgIpc) is 2.70. The number of benzene rings is 3. The van der Waals surface area contributed by atoms with Gasteiger partial charge in [0.15, 0.2) is 0 Å². The summed E-state index contributed by atoms with van der Waals surface area (Å²) in [5, 5.41) is 15.2. The predicted molar refractivity (Wildman–Crippen MR) is 103 cm³/mol. The van der Waals surface area contributed by atoms with Crippen LogP contribution in [-0.4, -0.2) is 30.8 Å². The SMILES string of the molecule is O=C(COCCc1ccccc1)NCC(O)c1ccc2ccccc2c1. The molecule has 0 bridgehead atoms. The molecule has 3 rings (SSSR count). The summed E-state index contributed by atoms with van der Waals surface area (Å²) in [6.07, 6.45) is 0.0290. The van der Waals surface area contributed by atoms with Gasteiger partial charge >= 0.3 is 0 Å². The van der Waals surface area contributed by atoms with Crippen LogP contribution in [0.15, 0.2) is 72.8 Å². The molecule has 0 aliphatic rings. The van der Waals surface area contributed by atoms with Gasteiger partial charge in [-0.1, -0.05) is 66.7 Å². The van der Waals surface area contributed by atoms with Crippen molar-refractivity contribution in [3.8, 4) is 0 Å². The second-order valence-electron chi connectivity index (χ2n) is 6.21. The van der Waals surface area contributed by atoms with Crippen molar-refractivity contribution < 1.29 is 14.6 Å². The number of ether oxygens (including phenoxy) is 1. The number of hydrogen-bond acceptors (Lipinski definition) is 3. The highest BCUT2D eigenvalue weighted by Gasteiger charge is 2.10. The molecule has 4 heteroatoms. The maximum Gasteiger partial charge on any atom is 0.246 e. The van der Waals surface area contributed by atoms with Crippen molar-refractivity contribution in [3.05, 3.63) is 83.9 Å². The highest BCUT2D eigenvalue weighted by atomic mass is 16.5. The van der Waals surface area contributed by atoms with Gasteiger partial charge in [-0.15, -0.1) is 0 Å². The summed E-state index contributed by atoms with van der Waals surface area (Å²) in [5.41, 5.74) is 1.97. The van der Waals surface area contributed by atoms with E-state index in [0.29, 0.717) is 6.61 Å². The van der Waals surface area contributed by atoms with Crippen LogP contribution in [0.5, 0.6) is 0 Å². The van der Waals surface area contributed by atoms with Gasteiger partial charge in [0, 0.05) is 6.54 Å². The van der Waals surface area contributed by atoms with E-state index in [9.17, 15) is 9.90 Å². The van der Waals surface area contributed by atoms with Crippen molar-refractivity contribution in [3.63, 3.8) is 0 Å². The van der Waals surface area contributed by atoms with E-state index in [0.717, 1.165) is 22.8 Å². The number of aliphatic hydroxyl groups is 1. The van der Waals surface area contributed by atoms with Crippen LogP contribution in [0.1, 0.15) is 17.2 Å². The second kappa shape index (κ2) is 9.13. The van der Waals surface area contributed by atoms with Crippen LogP contribution in [0.3, 0.4) is 0 Å². The molecule has 3 aromatic carbocycles. The molecule has 1 unspecified atom stereocenters. The lowest BCUT2D eigenvalue weighted by molar-refractivity contribution is -0.126. The largest absolute Gasteiger partial charge is 0.387 e. The van der Waals surface area contributed by atoms with Gasteiger partial charge in [-0.2, -0.15) is 0 Å². The number of fused-ring (bicyclic) bond motifs is 1. The van der Waals surface area contributed by atoms with E-state index in [1.165, 1.54) is 5.56 Å². The topological polar surface area (TPSA) is 58.6 Å². The van der Waals surface area contributed by atoms with Crippen LogP contribution in [0, 0.1) is 0 Å². The normalized spacial score (nSPS) is 12.0. The van der Waals surface area contributed by atoms with E-state index in [4.69, 9.17) is 4.74 Å². The summed E-state index contributed by atoms with van der Waals surface area (Å²) in [6.45, 7) is 0.654. The number of aliphatic hydroxyl groups excluding tert-OH is 1. The highest BCUT2D eigenvalue weighted by molar-refractivity contribution is 5.83. The summed E-state index contributed by atoms with van der Waals surface area (Å²) in [7, 11) is 0. The Hall–Kier alpha value is -2.69. The Kier molecular flexibility index (Phi) is 6.36. The quantitative estimate of drug-likeness (QED) is 0.614. The maximum absolute atomic E-state index is 11.9. The first kappa shape index (κ1) is 18.1. The molecule has 0 aromatic heterocycles. The molecule has 134 valence electrons. The minimum absolute atomic E-state index is 0.00270. The molecule has 26 heavy (non-hydrogen) atoms. The first-order valence-corrected chi connectivity index (χ1v) is 8.77. The third-order valence-electron chi connectivity index (χ3n) is 4.26. The number of rotatable bonds is 8. The average molecular weight is 349 g/mol. The predicted octanol–water partition coefficient (Wildman–Crippen LogP) is 3.25. The summed E-state index contributed by atoms with van der Waals surface area (Å²) in [4.78, 5) is 11.9. The van der Waals surface area contributed by atoms with Crippen molar-refractivity contribution in [2.75, 3.05) is 19.8 Å². The van der Waals surface area contributed by atoms with Gasteiger partial charge in [0.1, 0.15) is 6.61 Å². The molecule has 0 spiro atoms. The molecule has 0 radical (unpaired) electrons. The van der Waals surface area contributed by atoms with Gasteiger partial charge in [0.05, 0.1) is 12.7 Å². The van der Waals surface area contributed by atoms with Gasteiger partial charge in [-0.3, -0.25) is 4.79 Å². The third kappa shape index (κ3) is 5.15. The standard InChI is InChI=1S/C22H23NO3/c24-21(20-11-10-18-8-4-5-9-19(18)14-20)15-23-22(25)16-26-13-12-17-6-2-1-3-7-17/h1-11,14,21,24H,12-13,15-16H2,(H,23,25). The molecule has 0 heterocycles. The molecular formula is C22H23NO3. The van der Waals surface area contributed by atoms with E-state index >= 15 is 0 Å². The van der Waals surface area contributed by atoms with E-state index < -0.39 is 6.10 Å². The zero-order valence-electron chi connectivity index (χ0n) is 14.6. The fourth-order valence-corrected chi connectivity index (χ4v) is 2.79. The summed E-state index contributed by atoms with van der Waals surface area (Å²) in [6, 6.07) is 23.8. The molecular weight excluding hydrogens is 326 g/mol. The number of hydrogen-bond donors (Lipinski definition) is 2. The van der Waals surface area contributed by atoms with E-state index in [-0.39, 0.29) is 19.1 Å². The number of carbonyl (C=O) groups excluding carboxylic acids is 1. The minimum atomic E-state index is -0.743. The van der Waals surface area contributed by atoms with Crippen molar-refractivity contribution in [2.24, 2.45) is 0 Å². The van der Waals surface area contributed by atoms with Crippen molar-refractivity contribution >= 4 is 16.7 Å². The molecule has 2 N–H and O–H groups in total. The van der Waals surface area contributed by atoms with E-state index in [2.05, 4.69) is 5.32 Å². The van der Waals surface area contributed by atoms with E-state index in [1.807, 2.05) is 72.8 Å². The Balaban J connectivity index is 1.40. The molecule has 4 nitrogen and oxygen atoms in total. The Labute approximate surface area is 153 Å². The molecule has 0 saturated carbocycles. The molecule has 1 atom stereocenters. The second-order valence-corrected chi connectivity index (χ2v) is 6.21. The Bertz CT molecular complexity index is 848. The molecule has 0 fully saturated rings. The van der Waals surface area contributed by atoms with Crippen LogP contribution in [-0.2, 0) is 16.0 Å². The Morgan fingerprint density at radius 1 is 0.962 bits per heavy atom. The zero-order valence-corrected chi connectivity index (χ0v) is 14.6. The zero-order chi connectivity index (χ0) is 18.2. The number of amides is 1. The Morgan fingerprint density at radius 2 is 1.69 bits per heavy atom. The van der Waals surface area contributed by atoms with Gasteiger partial charge in [0.2, 0.25) is 5.91 Å². The lowest BCUT2D eigenvalue weighted by Gasteiger charge is -2.13. The summed E-state index contributed by atoms with van der Waals surface area (Å²) < 4.78 is 5.40. The molecule has 1 amide bonds. The van der Waals surface area contributed by atoms with Gasteiger partial charge < -0.3 is 15.2 Å². The van der Waals surface area contributed by atoms with Gasteiger partial charge in [0.25, 0.3) is 0 Å². The fraction of sp³-hybridized carbons (Fsp3) is 0.227. The van der Waals surface area contributed by atoms with Gasteiger partial charge in [-0.25, -0.2) is 0 Å². The number of carbonyl (C=O) groups is 1. The summed E-state index contributed by atoms with van der Waals surface area (Å²) in [5.74, 6) is -0.224. The Morgan fingerprint density at radius 3 is 2.50 bits per heavy atom. The van der Waals surface area contributed by atoms with Crippen LogP contribution < -0.4 is 5.32 Å². The van der Waals surface area contributed by atoms with Crippen molar-refractivity contribution in [1.82, 2.24) is 5.32 Å². The minimum Gasteiger partial charge on any atom is -0.387 e. The smallest absolute Gasteiger partial charge is 0.246 e. The number of nitrogens with one attached hydrogen (secondary N) is 1. The molecule has 0 saturated heterocycles. The van der Waals surface area contributed by atoms with Crippen molar-refractivity contribution in [1.29, 1.82) is 0 Å². The molecule has 3 aromatic rings. The fourth-order valence-electron chi connectivity index (χ4n) is 2.79. The van der Waals surface area contributed by atoms with Crippen LogP contribution in [0.4, 0.5) is 0 Å². The van der Waals surface area contributed by atoms with Crippen LogP contribution in [0.25, 0.3) is 10.8 Å². The summed E-state index contributed by atoms with van der Waals surface area (Å²) >= 11 is 0. The lowest BCUT2D eigenvalue weighted by Crippen LogP contribution is -2.31. The first-order valence-electron chi connectivity index (χ1n) is 8.77.